The van der Waals surface area contributed by atoms with Crippen LogP contribution in [0.5, 0.6) is 0 Å². The van der Waals surface area contributed by atoms with Crippen molar-refractivity contribution in [3.8, 4) is 0 Å². The quantitative estimate of drug-likeness (QED) is 0.909. The van der Waals surface area contributed by atoms with E-state index >= 15 is 0 Å². The number of rotatable bonds is 4. The molecule has 1 amide bonds. The standard InChI is InChI=1S/C12H20N4O.2ClH/c1-13-9-11-3-7-15(8-4-11)12(17)10-16-6-2-5-14-16;;/h2,5-6,11,13H,3-4,7-10H2,1H3;2*1H. The van der Waals surface area contributed by atoms with Gasteiger partial charge in [-0.3, -0.25) is 9.48 Å². The van der Waals surface area contributed by atoms with Crippen molar-refractivity contribution in [2.24, 2.45) is 5.92 Å². The molecule has 19 heavy (non-hydrogen) atoms. The summed E-state index contributed by atoms with van der Waals surface area (Å²) < 4.78 is 1.68. The molecule has 1 aliphatic heterocycles. The normalized spacial score (nSPS) is 15.5. The minimum Gasteiger partial charge on any atom is -0.341 e. The third-order valence-corrected chi connectivity index (χ3v) is 3.32. The van der Waals surface area contributed by atoms with Crippen molar-refractivity contribution < 1.29 is 4.79 Å². The maximum Gasteiger partial charge on any atom is 0.244 e. The van der Waals surface area contributed by atoms with Crippen LogP contribution in [0.4, 0.5) is 0 Å². The van der Waals surface area contributed by atoms with Crippen LogP contribution in [0, 0.1) is 5.92 Å². The van der Waals surface area contributed by atoms with Gasteiger partial charge in [0.1, 0.15) is 6.54 Å². The van der Waals surface area contributed by atoms with E-state index < -0.39 is 0 Å². The molecule has 2 rings (SSSR count). The third-order valence-electron chi connectivity index (χ3n) is 3.32. The van der Waals surface area contributed by atoms with E-state index in [4.69, 9.17) is 0 Å². The number of aromatic nitrogens is 2. The highest BCUT2D eigenvalue weighted by Crippen LogP contribution is 2.16. The van der Waals surface area contributed by atoms with Crippen LogP contribution in [0.3, 0.4) is 0 Å². The molecule has 0 aromatic carbocycles. The van der Waals surface area contributed by atoms with Gasteiger partial charge in [-0.2, -0.15) is 5.10 Å². The van der Waals surface area contributed by atoms with Crippen molar-refractivity contribution in [2.75, 3.05) is 26.7 Å². The van der Waals surface area contributed by atoms with Crippen LogP contribution in [0.2, 0.25) is 0 Å². The minimum absolute atomic E-state index is 0. The molecule has 0 spiro atoms. The Hall–Kier alpha value is -0.780. The first-order valence-corrected chi connectivity index (χ1v) is 6.19. The Morgan fingerprint density at radius 2 is 2.05 bits per heavy atom. The van der Waals surface area contributed by atoms with Gasteiger partial charge in [0.25, 0.3) is 0 Å². The fourth-order valence-electron chi connectivity index (χ4n) is 2.31. The predicted octanol–water partition coefficient (Wildman–Crippen LogP) is 1.18. The molecule has 1 aromatic heterocycles. The second kappa shape index (κ2) is 9.18. The van der Waals surface area contributed by atoms with E-state index in [-0.39, 0.29) is 30.7 Å². The molecule has 0 radical (unpaired) electrons. The van der Waals surface area contributed by atoms with E-state index in [9.17, 15) is 4.79 Å². The Balaban J connectivity index is 0.00000162. The smallest absolute Gasteiger partial charge is 0.244 e. The average molecular weight is 309 g/mol. The average Bonchev–Trinajstić information content (AvgIpc) is 2.83. The molecule has 1 saturated heterocycles. The van der Waals surface area contributed by atoms with Crippen LogP contribution in [0.1, 0.15) is 12.8 Å². The number of hydrogen-bond acceptors (Lipinski definition) is 3. The largest absolute Gasteiger partial charge is 0.341 e. The lowest BCUT2D eigenvalue weighted by Crippen LogP contribution is -2.41. The van der Waals surface area contributed by atoms with Crippen molar-refractivity contribution in [3.05, 3.63) is 18.5 Å². The Morgan fingerprint density at radius 1 is 1.37 bits per heavy atom. The topological polar surface area (TPSA) is 50.2 Å². The Bertz CT molecular complexity index is 351. The van der Waals surface area contributed by atoms with Gasteiger partial charge >= 0.3 is 0 Å². The molecule has 1 aliphatic rings. The van der Waals surface area contributed by atoms with Crippen LogP contribution < -0.4 is 5.32 Å². The Morgan fingerprint density at radius 3 is 2.58 bits per heavy atom. The van der Waals surface area contributed by atoms with Crippen LogP contribution in [0.15, 0.2) is 18.5 Å². The highest BCUT2D eigenvalue weighted by molar-refractivity contribution is 5.85. The van der Waals surface area contributed by atoms with Gasteiger partial charge in [0.2, 0.25) is 5.91 Å². The van der Waals surface area contributed by atoms with Gasteiger partial charge in [-0.15, -0.1) is 24.8 Å². The molecule has 5 nitrogen and oxygen atoms in total. The van der Waals surface area contributed by atoms with Crippen LogP contribution in [-0.4, -0.2) is 47.3 Å². The number of nitrogens with one attached hydrogen (secondary N) is 1. The number of amides is 1. The van der Waals surface area contributed by atoms with Crippen molar-refractivity contribution in [2.45, 2.75) is 19.4 Å². The van der Waals surface area contributed by atoms with Gasteiger partial charge < -0.3 is 10.2 Å². The number of carbonyl (C=O) groups is 1. The summed E-state index contributed by atoms with van der Waals surface area (Å²) in [5.74, 6) is 0.894. The molecular formula is C12H22Cl2N4O. The van der Waals surface area contributed by atoms with Crippen molar-refractivity contribution in [1.82, 2.24) is 20.0 Å². The first kappa shape index (κ1) is 18.2. The van der Waals surface area contributed by atoms with Crippen molar-refractivity contribution in [1.29, 1.82) is 0 Å². The monoisotopic (exact) mass is 308 g/mol. The Kier molecular flexibility index (Phi) is 8.80. The van der Waals surface area contributed by atoms with E-state index in [1.54, 1.807) is 10.9 Å². The van der Waals surface area contributed by atoms with Gasteiger partial charge in [0, 0.05) is 25.5 Å². The van der Waals surface area contributed by atoms with E-state index in [0.717, 1.165) is 32.5 Å². The second-order valence-corrected chi connectivity index (χ2v) is 4.59. The lowest BCUT2D eigenvalue weighted by molar-refractivity contribution is -0.133. The zero-order valence-electron chi connectivity index (χ0n) is 11.1. The summed E-state index contributed by atoms with van der Waals surface area (Å²) in [5.41, 5.74) is 0. The Labute approximate surface area is 126 Å². The van der Waals surface area contributed by atoms with Gasteiger partial charge in [0.15, 0.2) is 0 Å². The van der Waals surface area contributed by atoms with Gasteiger partial charge in [-0.1, -0.05) is 0 Å². The minimum atomic E-state index is 0. The molecule has 1 N–H and O–H groups in total. The summed E-state index contributed by atoms with van der Waals surface area (Å²) in [6, 6.07) is 1.84. The fourth-order valence-corrected chi connectivity index (χ4v) is 2.31. The highest BCUT2D eigenvalue weighted by atomic mass is 35.5. The number of likely N-dealkylation sites (tertiary alicyclic amines) is 1. The number of hydrogen-bond donors (Lipinski definition) is 1. The van der Waals surface area contributed by atoms with E-state index in [1.807, 2.05) is 24.2 Å². The number of carbonyl (C=O) groups excluding carboxylic acids is 1. The summed E-state index contributed by atoms with van der Waals surface area (Å²) in [5, 5.41) is 7.25. The van der Waals surface area contributed by atoms with E-state index in [0.29, 0.717) is 12.5 Å². The molecule has 7 heteroatoms. The number of halogens is 2. The maximum atomic E-state index is 12.0. The molecule has 2 heterocycles. The molecular weight excluding hydrogens is 287 g/mol. The van der Waals surface area contributed by atoms with Gasteiger partial charge in [-0.05, 0) is 38.4 Å². The summed E-state index contributed by atoms with van der Waals surface area (Å²) >= 11 is 0. The van der Waals surface area contributed by atoms with Crippen LogP contribution in [0.25, 0.3) is 0 Å². The third kappa shape index (κ3) is 5.38. The zero-order valence-corrected chi connectivity index (χ0v) is 12.8. The van der Waals surface area contributed by atoms with Crippen LogP contribution in [-0.2, 0) is 11.3 Å². The molecule has 0 bridgehead atoms. The van der Waals surface area contributed by atoms with E-state index in [2.05, 4.69) is 10.4 Å². The van der Waals surface area contributed by atoms with Crippen molar-refractivity contribution >= 4 is 30.7 Å². The van der Waals surface area contributed by atoms with Crippen LogP contribution >= 0.6 is 24.8 Å². The molecule has 0 unspecified atom stereocenters. The fraction of sp³-hybridized carbons (Fsp3) is 0.667. The molecule has 1 aromatic rings. The number of nitrogens with zero attached hydrogens (tertiary/aromatic N) is 3. The zero-order chi connectivity index (χ0) is 12.1. The second-order valence-electron chi connectivity index (χ2n) is 4.59. The molecule has 0 atom stereocenters. The first-order chi connectivity index (χ1) is 8.29. The lowest BCUT2D eigenvalue weighted by atomic mass is 9.97. The maximum absolute atomic E-state index is 12.0. The summed E-state index contributed by atoms with van der Waals surface area (Å²) in [6.45, 7) is 3.18. The van der Waals surface area contributed by atoms with Gasteiger partial charge in [-0.25, -0.2) is 0 Å². The predicted molar refractivity (Wildman–Crippen MR) is 80.0 cm³/mol. The molecule has 110 valence electrons. The number of piperidine rings is 1. The van der Waals surface area contributed by atoms with Gasteiger partial charge in [0.05, 0.1) is 0 Å². The highest BCUT2D eigenvalue weighted by Gasteiger charge is 2.22. The van der Waals surface area contributed by atoms with E-state index in [1.165, 1.54) is 0 Å². The molecule has 1 fully saturated rings. The summed E-state index contributed by atoms with van der Waals surface area (Å²) in [4.78, 5) is 13.9. The first-order valence-electron chi connectivity index (χ1n) is 6.19. The molecule has 0 aliphatic carbocycles. The summed E-state index contributed by atoms with van der Waals surface area (Å²) in [6.07, 6.45) is 5.73. The lowest BCUT2D eigenvalue weighted by Gasteiger charge is -2.31. The molecule has 0 saturated carbocycles. The summed E-state index contributed by atoms with van der Waals surface area (Å²) in [7, 11) is 1.98. The SMILES string of the molecule is CNCC1CCN(C(=O)Cn2cccn2)CC1.Cl.Cl. The van der Waals surface area contributed by atoms with Crippen molar-refractivity contribution in [3.63, 3.8) is 0 Å².